The van der Waals surface area contributed by atoms with Gasteiger partial charge in [0.25, 0.3) is 0 Å². The third-order valence-electron chi connectivity index (χ3n) is 1.82. The average Bonchev–Trinajstić information content (AvgIpc) is 1.85. The molecule has 0 aromatic carbocycles. The van der Waals surface area contributed by atoms with E-state index < -0.39 is 10.3 Å². The zero-order valence-electron chi connectivity index (χ0n) is 7.03. The van der Waals surface area contributed by atoms with Crippen LogP contribution in [0.4, 0.5) is 0 Å². The van der Waals surface area contributed by atoms with Crippen molar-refractivity contribution in [3.05, 3.63) is 0 Å². The predicted molar refractivity (Wildman–Crippen MR) is 46.1 cm³/mol. The molecule has 0 saturated heterocycles. The number of rotatable bonds is 2. The molecule has 5 N–H and O–H groups in total. The van der Waals surface area contributed by atoms with Crippen LogP contribution in [-0.2, 0) is 14.5 Å². The van der Waals surface area contributed by atoms with Gasteiger partial charge in [-0.05, 0) is 12.8 Å². The van der Waals surface area contributed by atoms with Crippen molar-refractivity contribution in [2.75, 3.05) is 0 Å². The summed E-state index contributed by atoms with van der Waals surface area (Å²) >= 11 is 0. The topological polar surface area (TPSA) is 104 Å². The molecule has 0 aromatic heterocycles. The molecule has 12 heavy (non-hydrogen) atoms. The van der Waals surface area contributed by atoms with Crippen molar-refractivity contribution in [1.29, 1.82) is 0 Å². The van der Waals surface area contributed by atoms with E-state index in [9.17, 15) is 8.42 Å². The molecule has 0 heterocycles. The van der Waals surface area contributed by atoms with Gasteiger partial charge in [0.15, 0.2) is 0 Å². The van der Waals surface area contributed by atoms with Gasteiger partial charge in [-0.15, -0.1) is 0 Å². The van der Waals surface area contributed by atoms with E-state index in [2.05, 4.69) is 4.18 Å². The highest BCUT2D eigenvalue weighted by atomic mass is 32.2. The second-order valence-corrected chi connectivity index (χ2v) is 4.03. The fourth-order valence-corrected chi connectivity index (χ4v) is 1.92. The SMILES string of the molecule is N.NS(=O)(=O)OC1CCCCC1. The molecule has 0 radical (unpaired) electrons. The Morgan fingerprint density at radius 3 is 2.08 bits per heavy atom. The molecule has 0 atom stereocenters. The first-order valence-corrected chi connectivity index (χ1v) is 5.26. The van der Waals surface area contributed by atoms with Gasteiger partial charge in [-0.25, -0.2) is 5.14 Å². The maximum Gasteiger partial charge on any atom is 0.333 e. The minimum Gasteiger partial charge on any atom is -0.344 e. The molecule has 1 rings (SSSR count). The Morgan fingerprint density at radius 2 is 1.67 bits per heavy atom. The molecular formula is C6H16N2O3S. The van der Waals surface area contributed by atoms with Crippen LogP contribution in [0, 0.1) is 0 Å². The summed E-state index contributed by atoms with van der Waals surface area (Å²) < 4.78 is 25.5. The molecule has 5 nitrogen and oxygen atoms in total. The van der Waals surface area contributed by atoms with Crippen LogP contribution >= 0.6 is 0 Å². The van der Waals surface area contributed by atoms with Crippen molar-refractivity contribution in [3.63, 3.8) is 0 Å². The van der Waals surface area contributed by atoms with E-state index in [1.165, 1.54) is 6.42 Å². The third-order valence-corrected chi connectivity index (χ3v) is 2.36. The molecule has 0 amide bonds. The van der Waals surface area contributed by atoms with Gasteiger partial charge in [-0.1, -0.05) is 19.3 Å². The molecule has 1 saturated carbocycles. The molecule has 0 spiro atoms. The number of nitrogens with two attached hydrogens (primary N) is 1. The van der Waals surface area contributed by atoms with E-state index in [1.807, 2.05) is 0 Å². The first-order valence-electron chi connectivity index (χ1n) is 3.79. The molecule has 0 aliphatic heterocycles. The van der Waals surface area contributed by atoms with Crippen molar-refractivity contribution in [2.24, 2.45) is 5.14 Å². The summed E-state index contributed by atoms with van der Waals surface area (Å²) in [4.78, 5) is 0. The van der Waals surface area contributed by atoms with E-state index in [1.54, 1.807) is 0 Å². The third kappa shape index (κ3) is 4.66. The normalized spacial score (nSPS) is 20.1. The highest BCUT2D eigenvalue weighted by Crippen LogP contribution is 2.20. The van der Waals surface area contributed by atoms with Crippen LogP contribution in [0.25, 0.3) is 0 Å². The summed E-state index contributed by atoms with van der Waals surface area (Å²) in [5.41, 5.74) is 0. The van der Waals surface area contributed by atoms with E-state index >= 15 is 0 Å². The Kier molecular flexibility index (Phi) is 4.69. The van der Waals surface area contributed by atoms with Crippen LogP contribution < -0.4 is 11.3 Å². The fourth-order valence-electron chi connectivity index (χ4n) is 1.35. The average molecular weight is 196 g/mol. The van der Waals surface area contributed by atoms with Crippen LogP contribution in [0.15, 0.2) is 0 Å². The summed E-state index contributed by atoms with van der Waals surface area (Å²) in [6.45, 7) is 0. The summed E-state index contributed by atoms with van der Waals surface area (Å²) in [5, 5.41) is 4.72. The van der Waals surface area contributed by atoms with Gasteiger partial charge in [0.1, 0.15) is 0 Å². The molecule has 1 aliphatic carbocycles. The Balaban J connectivity index is 0.00000121. The fraction of sp³-hybridized carbons (Fsp3) is 1.00. The molecule has 1 aliphatic rings. The summed E-state index contributed by atoms with van der Waals surface area (Å²) in [6.07, 6.45) is 4.72. The molecule has 6 heteroatoms. The van der Waals surface area contributed by atoms with E-state index in [0.29, 0.717) is 0 Å². The van der Waals surface area contributed by atoms with Crippen molar-refractivity contribution in [1.82, 2.24) is 6.15 Å². The highest BCUT2D eigenvalue weighted by molar-refractivity contribution is 7.84. The van der Waals surface area contributed by atoms with Crippen LogP contribution in [0.3, 0.4) is 0 Å². The maximum atomic E-state index is 10.5. The van der Waals surface area contributed by atoms with Crippen molar-refractivity contribution < 1.29 is 12.6 Å². The number of hydrogen-bond acceptors (Lipinski definition) is 4. The Hall–Kier alpha value is -0.170. The number of hydrogen-bond donors (Lipinski definition) is 2. The minimum absolute atomic E-state index is 0. The molecule has 0 unspecified atom stereocenters. The van der Waals surface area contributed by atoms with Crippen molar-refractivity contribution in [2.45, 2.75) is 38.2 Å². The largest absolute Gasteiger partial charge is 0.344 e. The lowest BCUT2D eigenvalue weighted by molar-refractivity contribution is 0.162. The monoisotopic (exact) mass is 196 g/mol. The molecule has 1 fully saturated rings. The predicted octanol–water partition coefficient (Wildman–Crippen LogP) is 0.701. The second-order valence-electron chi connectivity index (χ2n) is 2.85. The Morgan fingerprint density at radius 1 is 1.17 bits per heavy atom. The second kappa shape index (κ2) is 4.76. The summed E-state index contributed by atoms with van der Waals surface area (Å²) in [7, 11) is -3.72. The first-order chi connectivity index (χ1) is 5.08. The lowest BCUT2D eigenvalue weighted by atomic mass is 9.98. The van der Waals surface area contributed by atoms with Crippen LogP contribution in [0.2, 0.25) is 0 Å². The molecule has 0 aromatic rings. The van der Waals surface area contributed by atoms with Gasteiger partial charge in [-0.2, -0.15) is 8.42 Å². The van der Waals surface area contributed by atoms with E-state index in [4.69, 9.17) is 5.14 Å². The highest BCUT2D eigenvalue weighted by Gasteiger charge is 2.18. The first kappa shape index (κ1) is 11.8. The zero-order chi connectivity index (χ0) is 8.32. The maximum absolute atomic E-state index is 10.5. The zero-order valence-corrected chi connectivity index (χ0v) is 7.85. The van der Waals surface area contributed by atoms with Gasteiger partial charge in [0.2, 0.25) is 0 Å². The van der Waals surface area contributed by atoms with Crippen LogP contribution in [0.5, 0.6) is 0 Å². The molecular weight excluding hydrogens is 180 g/mol. The smallest absolute Gasteiger partial charge is 0.333 e. The summed E-state index contributed by atoms with van der Waals surface area (Å²) in [5.74, 6) is 0. The Bertz CT molecular complexity index is 209. The van der Waals surface area contributed by atoms with E-state index in [0.717, 1.165) is 25.7 Å². The van der Waals surface area contributed by atoms with Gasteiger partial charge in [0.05, 0.1) is 6.10 Å². The van der Waals surface area contributed by atoms with Crippen molar-refractivity contribution >= 4 is 10.3 Å². The lowest BCUT2D eigenvalue weighted by Gasteiger charge is -2.19. The van der Waals surface area contributed by atoms with Gasteiger partial charge < -0.3 is 6.15 Å². The Labute approximate surface area is 73.1 Å². The quantitative estimate of drug-likeness (QED) is 0.678. The van der Waals surface area contributed by atoms with Crippen LogP contribution in [-0.4, -0.2) is 14.5 Å². The minimum atomic E-state index is -3.72. The van der Waals surface area contributed by atoms with Gasteiger partial charge in [0, 0.05) is 0 Å². The lowest BCUT2D eigenvalue weighted by Crippen LogP contribution is -2.25. The van der Waals surface area contributed by atoms with Crippen LogP contribution in [0.1, 0.15) is 32.1 Å². The molecule has 74 valence electrons. The van der Waals surface area contributed by atoms with E-state index in [-0.39, 0.29) is 12.3 Å². The van der Waals surface area contributed by atoms with Gasteiger partial charge >= 0.3 is 10.3 Å². The standard InChI is InChI=1S/C6H13NO3S.H3N/c7-11(8,9)10-6-4-2-1-3-5-6;/h6H,1-5H2,(H2,7,8,9);1H3. The summed E-state index contributed by atoms with van der Waals surface area (Å²) in [6, 6.07) is 0. The van der Waals surface area contributed by atoms with Crippen molar-refractivity contribution in [3.8, 4) is 0 Å². The van der Waals surface area contributed by atoms with Gasteiger partial charge in [-0.3, -0.25) is 4.18 Å². The molecule has 0 bridgehead atoms.